The Hall–Kier alpha value is -2.55. The SMILES string of the molecule is COc1cc(N2CCC(N(C)C)CC2)c([N+](=O)[O-])cc1N=C(N)N. The van der Waals surface area contributed by atoms with E-state index in [0.717, 1.165) is 25.9 Å². The van der Waals surface area contributed by atoms with Gasteiger partial charge in [0, 0.05) is 31.3 Å². The molecule has 1 fully saturated rings. The zero-order valence-electron chi connectivity index (χ0n) is 14.2. The van der Waals surface area contributed by atoms with Crippen molar-refractivity contribution in [3.63, 3.8) is 0 Å². The van der Waals surface area contributed by atoms with E-state index < -0.39 is 4.92 Å². The average molecular weight is 336 g/mol. The minimum atomic E-state index is -0.418. The van der Waals surface area contributed by atoms with Crippen LogP contribution in [0.25, 0.3) is 0 Å². The number of piperidine rings is 1. The van der Waals surface area contributed by atoms with Crippen LogP contribution in [0.5, 0.6) is 5.75 Å². The summed E-state index contributed by atoms with van der Waals surface area (Å²) in [6.07, 6.45) is 1.89. The molecular formula is C15H24N6O3. The predicted molar refractivity (Wildman–Crippen MR) is 94.0 cm³/mol. The minimum Gasteiger partial charge on any atom is -0.494 e. The van der Waals surface area contributed by atoms with Gasteiger partial charge in [-0.1, -0.05) is 0 Å². The van der Waals surface area contributed by atoms with Crippen LogP contribution < -0.4 is 21.1 Å². The van der Waals surface area contributed by atoms with Crippen molar-refractivity contribution >= 4 is 23.0 Å². The summed E-state index contributed by atoms with van der Waals surface area (Å²) in [5, 5.41) is 11.5. The van der Waals surface area contributed by atoms with Gasteiger partial charge in [0.1, 0.15) is 17.1 Å². The van der Waals surface area contributed by atoms with Crippen molar-refractivity contribution in [2.75, 3.05) is 39.2 Å². The lowest BCUT2D eigenvalue weighted by Gasteiger charge is -2.36. The van der Waals surface area contributed by atoms with Crippen molar-refractivity contribution in [3.05, 3.63) is 22.2 Å². The maximum Gasteiger partial charge on any atom is 0.294 e. The third-order valence-electron chi connectivity index (χ3n) is 4.26. The molecule has 0 amide bonds. The molecule has 1 heterocycles. The lowest BCUT2D eigenvalue weighted by molar-refractivity contribution is -0.384. The molecule has 2 rings (SSSR count). The number of nitro benzene ring substituents is 1. The Balaban J connectivity index is 2.39. The average Bonchev–Trinajstić information content (AvgIpc) is 2.54. The Labute approximate surface area is 141 Å². The maximum atomic E-state index is 11.5. The first-order valence-corrected chi connectivity index (χ1v) is 7.71. The van der Waals surface area contributed by atoms with Gasteiger partial charge in [-0.2, -0.15) is 0 Å². The summed E-state index contributed by atoms with van der Waals surface area (Å²) >= 11 is 0. The third kappa shape index (κ3) is 3.85. The van der Waals surface area contributed by atoms with Gasteiger partial charge < -0.3 is 26.0 Å². The first-order chi connectivity index (χ1) is 11.3. The maximum absolute atomic E-state index is 11.5. The summed E-state index contributed by atoms with van der Waals surface area (Å²) in [6, 6.07) is 3.48. The normalized spacial score (nSPS) is 15.4. The van der Waals surface area contributed by atoms with Gasteiger partial charge in [-0.15, -0.1) is 0 Å². The fourth-order valence-electron chi connectivity index (χ4n) is 2.96. The smallest absolute Gasteiger partial charge is 0.294 e. The first-order valence-electron chi connectivity index (χ1n) is 7.71. The molecule has 1 saturated heterocycles. The number of hydrogen-bond donors (Lipinski definition) is 2. The van der Waals surface area contributed by atoms with E-state index in [1.165, 1.54) is 13.2 Å². The fourth-order valence-corrected chi connectivity index (χ4v) is 2.96. The molecule has 24 heavy (non-hydrogen) atoms. The van der Waals surface area contributed by atoms with E-state index in [0.29, 0.717) is 17.5 Å². The second-order valence-corrected chi connectivity index (χ2v) is 5.99. The van der Waals surface area contributed by atoms with Crippen LogP contribution in [0.2, 0.25) is 0 Å². The summed E-state index contributed by atoms with van der Waals surface area (Å²) in [5.74, 6) is 0.223. The number of guanidine groups is 1. The standard InChI is InChI=1S/C15H24N6O3/c1-19(2)10-4-6-20(7-5-10)12-9-14(24-3)11(18-15(16)17)8-13(12)21(22)23/h8-10H,4-7H2,1-3H3,(H4,16,17,18). The molecule has 0 spiro atoms. The van der Waals surface area contributed by atoms with Gasteiger partial charge in [0.15, 0.2) is 5.96 Å². The van der Waals surface area contributed by atoms with Crippen molar-refractivity contribution in [2.24, 2.45) is 16.5 Å². The van der Waals surface area contributed by atoms with Gasteiger partial charge in [0.25, 0.3) is 5.69 Å². The van der Waals surface area contributed by atoms with Crippen LogP contribution in [0.15, 0.2) is 17.1 Å². The summed E-state index contributed by atoms with van der Waals surface area (Å²) in [6.45, 7) is 1.49. The highest BCUT2D eigenvalue weighted by atomic mass is 16.6. The van der Waals surface area contributed by atoms with Crippen LogP contribution in [-0.4, -0.2) is 56.1 Å². The molecule has 1 aliphatic heterocycles. The van der Waals surface area contributed by atoms with Crippen LogP contribution in [-0.2, 0) is 0 Å². The molecule has 0 atom stereocenters. The molecule has 9 heteroatoms. The molecule has 1 aliphatic rings. The van der Waals surface area contributed by atoms with Crippen molar-refractivity contribution in [3.8, 4) is 5.75 Å². The monoisotopic (exact) mass is 336 g/mol. The van der Waals surface area contributed by atoms with Gasteiger partial charge in [-0.05, 0) is 26.9 Å². The van der Waals surface area contributed by atoms with Gasteiger partial charge in [0.2, 0.25) is 0 Å². The van der Waals surface area contributed by atoms with E-state index in [9.17, 15) is 10.1 Å². The zero-order chi connectivity index (χ0) is 17.9. The fraction of sp³-hybridized carbons (Fsp3) is 0.533. The highest BCUT2D eigenvalue weighted by Gasteiger charge is 2.27. The van der Waals surface area contributed by atoms with E-state index in [4.69, 9.17) is 16.2 Å². The van der Waals surface area contributed by atoms with Crippen molar-refractivity contribution in [2.45, 2.75) is 18.9 Å². The summed E-state index contributed by atoms with van der Waals surface area (Å²) in [5.41, 5.74) is 11.5. The number of nitrogens with zero attached hydrogens (tertiary/aromatic N) is 4. The van der Waals surface area contributed by atoms with E-state index in [1.807, 2.05) is 4.90 Å². The zero-order valence-corrected chi connectivity index (χ0v) is 14.2. The highest BCUT2D eigenvalue weighted by molar-refractivity contribution is 5.82. The largest absolute Gasteiger partial charge is 0.494 e. The predicted octanol–water partition coefficient (Wildman–Crippen LogP) is 1.04. The third-order valence-corrected chi connectivity index (χ3v) is 4.26. The first kappa shape index (κ1) is 17.8. The quantitative estimate of drug-likeness (QED) is 0.356. The van der Waals surface area contributed by atoms with Gasteiger partial charge in [0.05, 0.1) is 12.0 Å². The molecule has 0 aromatic heterocycles. The topological polar surface area (TPSA) is 123 Å². The van der Waals surface area contributed by atoms with Crippen LogP contribution >= 0.6 is 0 Å². The molecule has 0 unspecified atom stereocenters. The van der Waals surface area contributed by atoms with Crippen LogP contribution in [0, 0.1) is 10.1 Å². The second kappa shape index (κ2) is 7.35. The number of anilines is 1. The number of nitro groups is 1. The Morgan fingerprint density at radius 3 is 2.46 bits per heavy atom. The summed E-state index contributed by atoms with van der Waals surface area (Å²) < 4.78 is 5.30. The Morgan fingerprint density at radius 1 is 1.38 bits per heavy atom. The minimum absolute atomic E-state index is 0.0286. The van der Waals surface area contributed by atoms with E-state index >= 15 is 0 Å². The molecular weight excluding hydrogens is 312 g/mol. The summed E-state index contributed by atoms with van der Waals surface area (Å²) in [7, 11) is 5.58. The number of rotatable bonds is 5. The van der Waals surface area contributed by atoms with Crippen molar-refractivity contribution < 1.29 is 9.66 Å². The van der Waals surface area contributed by atoms with Crippen LogP contribution in [0.4, 0.5) is 17.1 Å². The molecule has 0 radical (unpaired) electrons. The van der Waals surface area contributed by atoms with Crippen molar-refractivity contribution in [1.82, 2.24) is 4.90 Å². The number of methoxy groups -OCH3 is 1. The highest BCUT2D eigenvalue weighted by Crippen LogP contribution is 2.40. The lowest BCUT2D eigenvalue weighted by atomic mass is 10.0. The number of hydrogen-bond acceptors (Lipinski definition) is 6. The molecule has 132 valence electrons. The van der Waals surface area contributed by atoms with E-state index in [1.54, 1.807) is 6.07 Å². The molecule has 1 aromatic carbocycles. The Bertz CT molecular complexity index is 634. The number of ether oxygens (including phenoxy) is 1. The van der Waals surface area contributed by atoms with E-state index in [-0.39, 0.29) is 17.3 Å². The van der Waals surface area contributed by atoms with Crippen molar-refractivity contribution in [1.29, 1.82) is 0 Å². The van der Waals surface area contributed by atoms with Gasteiger partial charge in [-0.3, -0.25) is 10.1 Å². The summed E-state index contributed by atoms with van der Waals surface area (Å²) in [4.78, 5) is 19.2. The molecule has 4 N–H and O–H groups in total. The van der Waals surface area contributed by atoms with E-state index in [2.05, 4.69) is 24.0 Å². The molecule has 0 saturated carbocycles. The molecule has 1 aromatic rings. The molecule has 9 nitrogen and oxygen atoms in total. The second-order valence-electron chi connectivity index (χ2n) is 5.99. The van der Waals surface area contributed by atoms with Crippen LogP contribution in [0.1, 0.15) is 12.8 Å². The molecule has 0 aliphatic carbocycles. The number of nitrogens with two attached hydrogens (primary N) is 2. The Morgan fingerprint density at radius 2 is 2.00 bits per heavy atom. The number of aliphatic imine (C=N–C) groups is 1. The van der Waals surface area contributed by atoms with Crippen LogP contribution in [0.3, 0.4) is 0 Å². The number of benzene rings is 1. The molecule has 0 bridgehead atoms. The Kier molecular flexibility index (Phi) is 5.45. The van der Waals surface area contributed by atoms with Gasteiger partial charge in [-0.25, -0.2) is 4.99 Å². The van der Waals surface area contributed by atoms with Gasteiger partial charge >= 0.3 is 0 Å². The lowest BCUT2D eigenvalue weighted by Crippen LogP contribution is -2.42.